The topological polar surface area (TPSA) is 76.7 Å². The van der Waals surface area contributed by atoms with Crippen LogP contribution in [0.5, 0.6) is 11.6 Å². The van der Waals surface area contributed by atoms with Crippen LogP contribution in [0.2, 0.25) is 5.02 Å². The first kappa shape index (κ1) is 12.4. The fourth-order valence-corrected chi connectivity index (χ4v) is 1.95. The third kappa shape index (κ3) is 2.17. The summed E-state index contributed by atoms with van der Waals surface area (Å²) in [7, 11) is 0. The Bertz CT molecular complexity index is 800. The average Bonchev–Trinajstić information content (AvgIpc) is 2.90. The zero-order valence-corrected chi connectivity index (χ0v) is 10.8. The SMILES string of the molecule is O=C(O)c1ccc(Oc2nccn3nccc23)c(Cl)c1. The van der Waals surface area contributed by atoms with E-state index in [0.717, 1.165) is 0 Å². The molecule has 0 aliphatic rings. The molecule has 0 radical (unpaired) electrons. The van der Waals surface area contributed by atoms with Crippen LogP contribution >= 0.6 is 11.6 Å². The highest BCUT2D eigenvalue weighted by Crippen LogP contribution is 2.30. The van der Waals surface area contributed by atoms with E-state index in [1.54, 1.807) is 29.2 Å². The number of aromatic carboxylic acids is 1. The lowest BCUT2D eigenvalue weighted by Crippen LogP contribution is -1.97. The van der Waals surface area contributed by atoms with E-state index in [2.05, 4.69) is 10.1 Å². The molecule has 1 aromatic carbocycles. The summed E-state index contributed by atoms with van der Waals surface area (Å²) in [5, 5.41) is 13.1. The number of fused-ring (bicyclic) bond motifs is 1. The number of carbonyl (C=O) groups is 1. The van der Waals surface area contributed by atoms with E-state index in [4.69, 9.17) is 21.4 Å². The molecule has 0 aliphatic heterocycles. The Kier molecular flexibility index (Phi) is 3.00. The van der Waals surface area contributed by atoms with Gasteiger partial charge < -0.3 is 9.84 Å². The molecular formula is C13H8ClN3O3. The normalized spacial score (nSPS) is 10.7. The maximum absolute atomic E-state index is 10.8. The van der Waals surface area contributed by atoms with Crippen molar-refractivity contribution >= 4 is 23.1 Å². The number of nitrogens with zero attached hydrogens (tertiary/aromatic N) is 3. The Morgan fingerprint density at radius 3 is 2.90 bits per heavy atom. The fraction of sp³-hybridized carbons (Fsp3) is 0. The maximum atomic E-state index is 10.8. The molecule has 0 saturated carbocycles. The number of carboxylic acid groups (broad SMARTS) is 1. The minimum absolute atomic E-state index is 0.0953. The lowest BCUT2D eigenvalue weighted by molar-refractivity contribution is 0.0697. The molecule has 1 N–H and O–H groups in total. The molecule has 0 aliphatic carbocycles. The first-order valence-electron chi connectivity index (χ1n) is 5.64. The number of hydrogen-bond donors (Lipinski definition) is 1. The van der Waals surface area contributed by atoms with Crippen LogP contribution in [0, 0.1) is 0 Å². The summed E-state index contributed by atoms with van der Waals surface area (Å²) in [6.45, 7) is 0. The van der Waals surface area contributed by atoms with Crippen molar-refractivity contribution in [3.05, 3.63) is 53.4 Å². The predicted octanol–water partition coefficient (Wildman–Crippen LogP) is 2.87. The highest BCUT2D eigenvalue weighted by Gasteiger charge is 2.11. The van der Waals surface area contributed by atoms with E-state index in [-0.39, 0.29) is 10.6 Å². The van der Waals surface area contributed by atoms with Gasteiger partial charge in [0.2, 0.25) is 5.88 Å². The Labute approximate surface area is 118 Å². The minimum atomic E-state index is -1.05. The molecule has 0 atom stereocenters. The van der Waals surface area contributed by atoms with Crippen molar-refractivity contribution in [1.82, 2.24) is 14.6 Å². The number of rotatable bonds is 3. The zero-order chi connectivity index (χ0) is 14.1. The van der Waals surface area contributed by atoms with Gasteiger partial charge in [0.1, 0.15) is 11.3 Å². The number of benzene rings is 1. The van der Waals surface area contributed by atoms with Crippen LogP contribution in [-0.2, 0) is 0 Å². The van der Waals surface area contributed by atoms with Crippen LogP contribution in [0.1, 0.15) is 10.4 Å². The molecule has 0 fully saturated rings. The molecule has 0 amide bonds. The van der Waals surface area contributed by atoms with Crippen molar-refractivity contribution < 1.29 is 14.6 Å². The fourth-order valence-electron chi connectivity index (χ4n) is 1.73. The summed E-state index contributed by atoms with van der Waals surface area (Å²) in [6.07, 6.45) is 4.87. The van der Waals surface area contributed by atoms with Crippen LogP contribution in [0.25, 0.3) is 5.52 Å². The molecular weight excluding hydrogens is 282 g/mol. The summed E-state index contributed by atoms with van der Waals surface area (Å²) in [6, 6.07) is 5.99. The second kappa shape index (κ2) is 4.82. The van der Waals surface area contributed by atoms with Crippen LogP contribution in [0.15, 0.2) is 42.9 Å². The van der Waals surface area contributed by atoms with Crippen molar-refractivity contribution in [2.75, 3.05) is 0 Å². The number of aromatic nitrogens is 3. The van der Waals surface area contributed by atoms with Gasteiger partial charge in [-0.25, -0.2) is 14.3 Å². The highest BCUT2D eigenvalue weighted by molar-refractivity contribution is 6.32. The number of halogens is 1. The molecule has 100 valence electrons. The van der Waals surface area contributed by atoms with Crippen LogP contribution in [0.4, 0.5) is 0 Å². The van der Waals surface area contributed by atoms with Gasteiger partial charge in [-0.05, 0) is 24.3 Å². The molecule has 0 spiro atoms. The third-order valence-electron chi connectivity index (χ3n) is 2.67. The Morgan fingerprint density at radius 2 is 2.15 bits per heavy atom. The molecule has 6 nitrogen and oxygen atoms in total. The molecule has 3 aromatic rings. The lowest BCUT2D eigenvalue weighted by Gasteiger charge is -2.08. The maximum Gasteiger partial charge on any atom is 0.335 e. The number of ether oxygens (including phenoxy) is 1. The van der Waals surface area contributed by atoms with Crippen molar-refractivity contribution in [1.29, 1.82) is 0 Å². The van der Waals surface area contributed by atoms with Crippen LogP contribution in [-0.4, -0.2) is 25.7 Å². The van der Waals surface area contributed by atoms with E-state index in [9.17, 15) is 4.79 Å². The van der Waals surface area contributed by atoms with Crippen molar-refractivity contribution in [2.24, 2.45) is 0 Å². The van der Waals surface area contributed by atoms with Gasteiger partial charge in [-0.1, -0.05) is 11.6 Å². The average molecular weight is 290 g/mol. The second-order valence-electron chi connectivity index (χ2n) is 3.95. The molecule has 2 aromatic heterocycles. The molecule has 0 unspecified atom stereocenters. The molecule has 2 heterocycles. The summed E-state index contributed by atoms with van der Waals surface area (Å²) < 4.78 is 7.23. The van der Waals surface area contributed by atoms with Gasteiger partial charge >= 0.3 is 5.97 Å². The monoisotopic (exact) mass is 289 g/mol. The minimum Gasteiger partial charge on any atom is -0.478 e. The van der Waals surface area contributed by atoms with Crippen molar-refractivity contribution in [3.8, 4) is 11.6 Å². The molecule has 7 heteroatoms. The van der Waals surface area contributed by atoms with Gasteiger partial charge in [-0.3, -0.25) is 0 Å². The second-order valence-corrected chi connectivity index (χ2v) is 4.35. The molecule has 20 heavy (non-hydrogen) atoms. The molecule has 0 saturated heterocycles. The third-order valence-corrected chi connectivity index (χ3v) is 2.97. The van der Waals surface area contributed by atoms with Gasteiger partial charge in [0, 0.05) is 12.4 Å². The smallest absolute Gasteiger partial charge is 0.335 e. The summed E-state index contributed by atoms with van der Waals surface area (Å²) in [5.74, 6) is -0.372. The first-order valence-corrected chi connectivity index (χ1v) is 6.02. The zero-order valence-electron chi connectivity index (χ0n) is 10.0. The predicted molar refractivity (Wildman–Crippen MR) is 71.5 cm³/mol. The van der Waals surface area contributed by atoms with Gasteiger partial charge in [0.25, 0.3) is 0 Å². The van der Waals surface area contributed by atoms with Gasteiger partial charge in [0.15, 0.2) is 0 Å². The Morgan fingerprint density at radius 1 is 1.30 bits per heavy atom. The standard InChI is InChI=1S/C13H8ClN3O3/c14-9-7-8(13(18)19)1-2-11(9)20-12-10-3-4-16-17(10)6-5-15-12/h1-7H,(H,18,19). The van der Waals surface area contributed by atoms with Crippen molar-refractivity contribution in [2.45, 2.75) is 0 Å². The number of carboxylic acids is 1. The van der Waals surface area contributed by atoms with E-state index >= 15 is 0 Å². The van der Waals surface area contributed by atoms with Crippen molar-refractivity contribution in [3.63, 3.8) is 0 Å². The van der Waals surface area contributed by atoms with Gasteiger partial charge in [-0.15, -0.1) is 0 Å². The summed E-state index contributed by atoms with van der Waals surface area (Å²) in [5.41, 5.74) is 0.781. The van der Waals surface area contributed by atoms with E-state index in [1.807, 2.05) is 0 Å². The van der Waals surface area contributed by atoms with E-state index in [0.29, 0.717) is 17.1 Å². The first-order chi connectivity index (χ1) is 9.65. The van der Waals surface area contributed by atoms with E-state index < -0.39 is 5.97 Å². The van der Waals surface area contributed by atoms with Gasteiger partial charge in [0.05, 0.1) is 16.8 Å². The molecule has 0 bridgehead atoms. The lowest BCUT2D eigenvalue weighted by atomic mass is 10.2. The Balaban J connectivity index is 1.99. The van der Waals surface area contributed by atoms with Gasteiger partial charge in [-0.2, -0.15) is 5.10 Å². The van der Waals surface area contributed by atoms with Crippen LogP contribution in [0.3, 0.4) is 0 Å². The molecule has 3 rings (SSSR count). The van der Waals surface area contributed by atoms with E-state index in [1.165, 1.54) is 18.2 Å². The van der Waals surface area contributed by atoms with Crippen LogP contribution < -0.4 is 4.74 Å². The quantitative estimate of drug-likeness (QED) is 0.802. The summed E-state index contributed by atoms with van der Waals surface area (Å²) >= 11 is 6.01. The number of hydrogen-bond acceptors (Lipinski definition) is 4. The summed E-state index contributed by atoms with van der Waals surface area (Å²) in [4.78, 5) is 15.0. The Hall–Kier alpha value is -2.60. The highest BCUT2D eigenvalue weighted by atomic mass is 35.5. The largest absolute Gasteiger partial charge is 0.478 e.